The van der Waals surface area contributed by atoms with E-state index in [4.69, 9.17) is 0 Å². The number of benzene rings is 2. The highest BCUT2D eigenvalue weighted by molar-refractivity contribution is 5.87. The molecule has 4 aromatic rings. The molecule has 9 nitrogen and oxygen atoms in total. The number of hydrogen-bond donors (Lipinski definition) is 1. The smallest absolute Gasteiger partial charge is 0.245 e. The van der Waals surface area contributed by atoms with Gasteiger partial charge in [-0.2, -0.15) is 0 Å². The van der Waals surface area contributed by atoms with E-state index < -0.39 is 6.04 Å². The van der Waals surface area contributed by atoms with Crippen LogP contribution >= 0.6 is 0 Å². The lowest BCUT2D eigenvalue weighted by Crippen LogP contribution is -2.51. The van der Waals surface area contributed by atoms with Crippen molar-refractivity contribution in [3.63, 3.8) is 0 Å². The minimum atomic E-state index is -0.807. The molecule has 1 N–H and O–H groups in total. The first kappa shape index (κ1) is 23.7. The normalized spacial score (nSPS) is 15.2. The fraction of sp³-hybridized carbons (Fsp3) is 0.346. The molecule has 1 aliphatic heterocycles. The van der Waals surface area contributed by atoms with Crippen LogP contribution in [0.25, 0.3) is 11.0 Å². The quantitative estimate of drug-likeness (QED) is 0.431. The van der Waals surface area contributed by atoms with Crippen molar-refractivity contribution in [1.82, 2.24) is 34.8 Å². The van der Waals surface area contributed by atoms with E-state index in [9.17, 15) is 14.0 Å². The minimum Gasteiger partial charge on any atom is -0.344 e. The van der Waals surface area contributed by atoms with Crippen molar-refractivity contribution in [3.8, 4) is 0 Å². The van der Waals surface area contributed by atoms with Crippen LogP contribution in [0, 0.1) is 5.82 Å². The van der Waals surface area contributed by atoms with Crippen molar-refractivity contribution < 1.29 is 14.0 Å². The zero-order valence-corrected chi connectivity index (χ0v) is 20.0. The Hall–Kier alpha value is -4.08. The van der Waals surface area contributed by atoms with Gasteiger partial charge in [0.25, 0.3) is 0 Å². The van der Waals surface area contributed by atoms with Gasteiger partial charge >= 0.3 is 0 Å². The lowest BCUT2D eigenvalue weighted by molar-refractivity contribution is -0.137. The van der Waals surface area contributed by atoms with Crippen molar-refractivity contribution >= 4 is 22.8 Å². The molecular weight excluding hydrogens is 461 g/mol. The zero-order chi connectivity index (χ0) is 25.1. The third kappa shape index (κ3) is 4.98. The predicted molar refractivity (Wildman–Crippen MR) is 131 cm³/mol. The molecule has 36 heavy (non-hydrogen) atoms. The molecule has 2 aromatic heterocycles. The van der Waals surface area contributed by atoms with E-state index in [1.807, 2.05) is 35.1 Å². The van der Waals surface area contributed by atoms with E-state index in [2.05, 4.69) is 25.2 Å². The summed E-state index contributed by atoms with van der Waals surface area (Å²) in [6.45, 7) is 2.94. The van der Waals surface area contributed by atoms with Crippen LogP contribution in [-0.2, 0) is 22.7 Å². The topological polar surface area (TPSA) is 97.9 Å². The number of carbonyl (C=O) groups is 2. The summed E-state index contributed by atoms with van der Waals surface area (Å²) in [6.07, 6.45) is 5.32. The summed E-state index contributed by atoms with van der Waals surface area (Å²) in [7, 11) is 0. The second-order valence-electron chi connectivity index (χ2n) is 9.12. The van der Waals surface area contributed by atoms with E-state index in [-0.39, 0.29) is 30.0 Å². The first-order valence-electron chi connectivity index (χ1n) is 12.1. The summed E-state index contributed by atoms with van der Waals surface area (Å²) in [5, 5.41) is 11.2. The largest absolute Gasteiger partial charge is 0.344 e. The van der Waals surface area contributed by atoms with Crippen LogP contribution in [0.3, 0.4) is 0 Å². The van der Waals surface area contributed by atoms with Gasteiger partial charge in [-0.3, -0.25) is 9.59 Å². The van der Waals surface area contributed by atoms with Gasteiger partial charge in [0.15, 0.2) is 0 Å². The number of nitrogens with zero attached hydrogens (tertiary/aromatic N) is 6. The van der Waals surface area contributed by atoms with Gasteiger partial charge in [-0.1, -0.05) is 35.5 Å². The number of halogens is 1. The molecule has 3 heterocycles. The van der Waals surface area contributed by atoms with Crippen molar-refractivity contribution in [1.29, 1.82) is 0 Å². The molecule has 2 amide bonds. The Kier molecular flexibility index (Phi) is 6.75. The molecule has 5 rings (SSSR count). The molecular formula is C26H28FN7O2. The van der Waals surface area contributed by atoms with Crippen molar-refractivity contribution in [2.75, 3.05) is 13.1 Å². The van der Waals surface area contributed by atoms with E-state index in [0.717, 1.165) is 29.7 Å². The monoisotopic (exact) mass is 489 g/mol. The molecule has 1 fully saturated rings. The number of likely N-dealkylation sites (tertiary alicyclic amines) is 1. The summed E-state index contributed by atoms with van der Waals surface area (Å²) in [5.74, 6) is 0.244. The number of imidazole rings is 1. The number of hydrogen-bond acceptors (Lipinski definition) is 5. The van der Waals surface area contributed by atoms with Gasteiger partial charge in [-0.25, -0.2) is 14.1 Å². The predicted octanol–water partition coefficient (Wildman–Crippen LogP) is 2.73. The molecule has 186 valence electrons. The Morgan fingerprint density at radius 2 is 1.86 bits per heavy atom. The average Bonchev–Trinajstić information content (AvgIpc) is 3.52. The van der Waals surface area contributed by atoms with E-state index >= 15 is 0 Å². The molecule has 0 radical (unpaired) electrons. The van der Waals surface area contributed by atoms with Crippen LogP contribution in [0.1, 0.15) is 37.1 Å². The molecule has 0 bridgehead atoms. The Bertz CT molecular complexity index is 1370. The zero-order valence-electron chi connectivity index (χ0n) is 20.0. The molecule has 10 heteroatoms. The number of nitrogens with one attached hydrogen (secondary N) is 1. The molecule has 1 unspecified atom stereocenters. The maximum absolute atomic E-state index is 14.2. The van der Waals surface area contributed by atoms with Gasteiger partial charge in [0.1, 0.15) is 29.9 Å². The Balaban J connectivity index is 1.25. The molecule has 0 spiro atoms. The number of fused-ring (bicyclic) bond motifs is 1. The molecule has 1 atom stereocenters. The van der Waals surface area contributed by atoms with Crippen LogP contribution in [-0.4, -0.2) is 60.4 Å². The lowest BCUT2D eigenvalue weighted by Gasteiger charge is -2.34. The van der Waals surface area contributed by atoms with Crippen molar-refractivity contribution in [2.45, 2.75) is 44.8 Å². The van der Waals surface area contributed by atoms with Gasteiger partial charge in [-0.05, 0) is 36.6 Å². The van der Waals surface area contributed by atoms with Crippen LogP contribution in [0.5, 0.6) is 0 Å². The maximum Gasteiger partial charge on any atom is 0.245 e. The standard InChI is InChI=1S/C26H28FN7O2/c1-18(35)29-23(16-20-6-2-3-7-21(20)27)26(36)32-13-10-19(11-14-32)25-28-12-15-33(25)17-34-24-9-5-4-8-22(24)30-31-34/h2-9,12,15,19,23H,10-11,13-14,16-17H2,1H3,(H,29,35). The lowest BCUT2D eigenvalue weighted by atomic mass is 9.94. The summed E-state index contributed by atoms with van der Waals surface area (Å²) in [4.78, 5) is 31.4. The van der Waals surface area contributed by atoms with E-state index in [1.54, 1.807) is 29.3 Å². The Morgan fingerprint density at radius 3 is 2.64 bits per heavy atom. The fourth-order valence-corrected chi connectivity index (χ4v) is 4.87. The van der Waals surface area contributed by atoms with Crippen LogP contribution < -0.4 is 5.32 Å². The first-order chi connectivity index (χ1) is 17.5. The highest BCUT2D eigenvalue weighted by Crippen LogP contribution is 2.28. The van der Waals surface area contributed by atoms with Crippen LogP contribution in [0.4, 0.5) is 4.39 Å². The SMILES string of the molecule is CC(=O)NC(Cc1ccccc1F)C(=O)N1CCC(c2nccn2Cn2nnc3ccccc32)CC1. The molecule has 0 saturated carbocycles. The number of para-hydroxylation sites is 1. The van der Waals surface area contributed by atoms with Gasteiger partial charge in [-0.15, -0.1) is 5.10 Å². The maximum atomic E-state index is 14.2. The summed E-state index contributed by atoms with van der Waals surface area (Å²) in [6, 6.07) is 13.3. The van der Waals surface area contributed by atoms with Crippen LogP contribution in [0.15, 0.2) is 60.9 Å². The second kappa shape index (κ2) is 10.3. The van der Waals surface area contributed by atoms with Gasteiger partial charge in [0.05, 0.1) is 5.52 Å². The van der Waals surface area contributed by atoms with Gasteiger partial charge in [0.2, 0.25) is 11.8 Å². The number of piperidine rings is 1. The Morgan fingerprint density at radius 1 is 1.11 bits per heavy atom. The Labute approximate surface area is 207 Å². The number of rotatable bonds is 7. The van der Waals surface area contributed by atoms with Crippen molar-refractivity contribution in [3.05, 3.63) is 78.1 Å². The number of carbonyl (C=O) groups excluding carboxylic acids is 2. The summed E-state index contributed by atoms with van der Waals surface area (Å²) < 4.78 is 18.1. The average molecular weight is 490 g/mol. The van der Waals surface area contributed by atoms with Crippen molar-refractivity contribution in [2.24, 2.45) is 0 Å². The third-order valence-electron chi connectivity index (χ3n) is 6.68. The summed E-state index contributed by atoms with van der Waals surface area (Å²) in [5.41, 5.74) is 2.20. The highest BCUT2D eigenvalue weighted by atomic mass is 19.1. The molecule has 2 aromatic carbocycles. The molecule has 1 aliphatic rings. The van der Waals surface area contributed by atoms with Gasteiger partial charge < -0.3 is 14.8 Å². The number of amides is 2. The third-order valence-corrected chi connectivity index (χ3v) is 6.68. The van der Waals surface area contributed by atoms with E-state index in [0.29, 0.717) is 25.3 Å². The first-order valence-corrected chi connectivity index (χ1v) is 12.1. The fourth-order valence-electron chi connectivity index (χ4n) is 4.87. The second-order valence-corrected chi connectivity index (χ2v) is 9.12. The highest BCUT2D eigenvalue weighted by Gasteiger charge is 2.31. The van der Waals surface area contributed by atoms with Gasteiger partial charge in [0, 0.05) is 44.7 Å². The van der Waals surface area contributed by atoms with E-state index in [1.165, 1.54) is 13.0 Å². The minimum absolute atomic E-state index is 0.112. The molecule has 1 saturated heterocycles. The molecule has 0 aliphatic carbocycles. The van der Waals surface area contributed by atoms with Crippen LogP contribution in [0.2, 0.25) is 0 Å². The summed E-state index contributed by atoms with van der Waals surface area (Å²) >= 11 is 0. The number of aromatic nitrogens is 5.